The number of para-hydroxylation sites is 1. The van der Waals surface area contributed by atoms with Gasteiger partial charge in [-0.1, -0.05) is 36.4 Å². The van der Waals surface area contributed by atoms with Crippen molar-refractivity contribution in [2.75, 3.05) is 64.0 Å². The molecule has 1 aliphatic rings. The lowest BCUT2D eigenvalue weighted by Crippen LogP contribution is -2.47. The van der Waals surface area contributed by atoms with E-state index in [0.717, 1.165) is 77.1 Å². The molecule has 0 spiro atoms. The van der Waals surface area contributed by atoms with Gasteiger partial charge >= 0.3 is 0 Å². The second-order valence-corrected chi connectivity index (χ2v) is 11.6. The Kier molecular flexibility index (Phi) is 8.44. The fourth-order valence-corrected chi connectivity index (χ4v) is 6.67. The minimum Gasteiger partial charge on any atom is -0.495 e. The van der Waals surface area contributed by atoms with Crippen molar-refractivity contribution in [3.05, 3.63) is 77.3 Å². The number of piperazine rings is 1. The molecule has 1 saturated heterocycles. The molecule has 1 aliphatic heterocycles. The van der Waals surface area contributed by atoms with Crippen LogP contribution in [-0.4, -0.2) is 83.3 Å². The average molecular weight is 597 g/mol. The fourth-order valence-electron chi connectivity index (χ4n) is 5.73. The maximum Gasteiger partial charge on any atom is 0.272 e. The first kappa shape index (κ1) is 28.9. The molecule has 0 unspecified atom stereocenters. The Balaban J connectivity index is 1.27. The number of β-amino-alcohol motifs (C(OH)–C–C–N with tert-alkyl or cyclic N) is 1. The van der Waals surface area contributed by atoms with E-state index in [1.54, 1.807) is 18.4 Å². The summed E-state index contributed by atoms with van der Waals surface area (Å²) in [5.74, 6) is 0.801. The van der Waals surface area contributed by atoms with Crippen molar-refractivity contribution in [1.82, 2.24) is 19.4 Å². The van der Waals surface area contributed by atoms with Gasteiger partial charge in [-0.2, -0.15) is 0 Å². The molecule has 0 saturated carbocycles. The predicted molar refractivity (Wildman–Crippen MR) is 176 cm³/mol. The van der Waals surface area contributed by atoms with Gasteiger partial charge in [-0.05, 0) is 35.7 Å². The van der Waals surface area contributed by atoms with E-state index in [-0.39, 0.29) is 12.5 Å². The average Bonchev–Trinajstić information content (AvgIpc) is 3.65. The molecule has 0 radical (unpaired) electrons. The van der Waals surface area contributed by atoms with Crippen LogP contribution < -0.4 is 15.8 Å². The smallest absolute Gasteiger partial charge is 0.272 e. The number of nitrogen functional groups attached to an aromatic ring is 1. The molecule has 222 valence electrons. The molecular weight excluding hydrogens is 560 g/mol. The highest BCUT2D eigenvalue weighted by Gasteiger charge is 2.19. The Morgan fingerprint density at radius 3 is 2.67 bits per heavy atom. The first-order valence-electron chi connectivity index (χ1n) is 14.4. The Labute approximate surface area is 254 Å². The topological polar surface area (TPSA) is 109 Å². The number of carbonyl (C=O) groups is 1. The van der Waals surface area contributed by atoms with Crippen LogP contribution in [0.1, 0.15) is 16.1 Å². The molecular formula is C33H36N6O3S. The summed E-state index contributed by atoms with van der Waals surface area (Å²) in [7, 11) is 3.48. The number of thiophene rings is 1. The van der Waals surface area contributed by atoms with E-state index in [0.29, 0.717) is 22.9 Å². The Morgan fingerprint density at radius 1 is 1.12 bits per heavy atom. The number of aliphatic hydroxyl groups is 1. The van der Waals surface area contributed by atoms with Crippen molar-refractivity contribution in [3.63, 3.8) is 0 Å². The van der Waals surface area contributed by atoms with Gasteiger partial charge in [0.1, 0.15) is 17.3 Å². The maximum absolute atomic E-state index is 13.3. The van der Waals surface area contributed by atoms with Crippen molar-refractivity contribution in [2.24, 2.45) is 7.05 Å². The van der Waals surface area contributed by atoms with Gasteiger partial charge in [-0.3, -0.25) is 14.6 Å². The number of anilines is 2. The number of hydrogen-bond acceptors (Lipinski definition) is 8. The van der Waals surface area contributed by atoms with Crippen LogP contribution in [0.25, 0.3) is 38.3 Å². The number of hydrogen-bond donors (Lipinski definition) is 3. The highest BCUT2D eigenvalue weighted by atomic mass is 32.1. The largest absolute Gasteiger partial charge is 0.495 e. The third-order valence-electron chi connectivity index (χ3n) is 8.11. The van der Waals surface area contributed by atoms with E-state index in [2.05, 4.69) is 27.3 Å². The fraction of sp³-hybridized carbons (Fsp3) is 0.273. The van der Waals surface area contributed by atoms with Gasteiger partial charge in [0.15, 0.2) is 0 Å². The highest BCUT2D eigenvalue weighted by molar-refractivity contribution is 7.17. The Morgan fingerprint density at radius 2 is 1.91 bits per heavy atom. The Hall–Kier alpha value is -4.22. The molecule has 0 bridgehead atoms. The lowest BCUT2D eigenvalue weighted by Gasteiger charge is -2.33. The van der Waals surface area contributed by atoms with Gasteiger partial charge in [0.05, 0.1) is 25.1 Å². The summed E-state index contributed by atoms with van der Waals surface area (Å²) in [5, 5.41) is 16.2. The summed E-state index contributed by atoms with van der Waals surface area (Å²) in [6, 6.07) is 17.5. The van der Waals surface area contributed by atoms with Crippen LogP contribution in [-0.2, 0) is 7.05 Å². The van der Waals surface area contributed by atoms with Crippen LogP contribution in [0.4, 0.5) is 11.5 Å². The number of nitrogens with zero attached hydrogens (tertiary/aromatic N) is 4. The quantitative estimate of drug-likeness (QED) is 0.222. The van der Waals surface area contributed by atoms with Gasteiger partial charge < -0.3 is 25.5 Å². The summed E-state index contributed by atoms with van der Waals surface area (Å²) in [6.45, 7) is 5.61. The van der Waals surface area contributed by atoms with Gasteiger partial charge in [0, 0.05) is 78.4 Å². The van der Waals surface area contributed by atoms with Crippen molar-refractivity contribution in [1.29, 1.82) is 0 Å². The van der Waals surface area contributed by atoms with E-state index in [1.807, 2.05) is 71.6 Å². The molecule has 4 N–H and O–H groups in total. The lowest BCUT2D eigenvalue weighted by atomic mass is 10.0. The molecule has 6 rings (SSSR count). The molecule has 2 aromatic carbocycles. The molecule has 0 aliphatic carbocycles. The number of aryl methyl sites for hydroxylation is 1. The number of pyridine rings is 1. The van der Waals surface area contributed by atoms with Crippen molar-refractivity contribution in [3.8, 4) is 17.0 Å². The third kappa shape index (κ3) is 5.87. The van der Waals surface area contributed by atoms with Crippen LogP contribution in [0.15, 0.2) is 66.1 Å². The van der Waals surface area contributed by atoms with Gasteiger partial charge in [-0.25, -0.2) is 4.98 Å². The van der Waals surface area contributed by atoms with Crippen LogP contribution >= 0.6 is 11.3 Å². The molecule has 0 atom stereocenters. The standard InChI is InChI=1S/C33H36N6O3S/c1-37-27-8-4-3-6-22(27)20-28(37)33(41)35-26-10-9-23(21-29(26)42-2)30-24(31-25(11-19-43-31)32(34)36-30)7-5-12-38-13-15-39(16-14-38)17-18-40/h3-11,19-21,40H,12-18H2,1-2H3,(H2,34,36)(H,35,41). The number of rotatable bonds is 9. The van der Waals surface area contributed by atoms with Gasteiger partial charge in [0.25, 0.3) is 5.91 Å². The molecule has 1 fully saturated rings. The van der Waals surface area contributed by atoms with Crippen LogP contribution in [0.2, 0.25) is 0 Å². The number of aromatic nitrogens is 2. The van der Waals surface area contributed by atoms with E-state index in [4.69, 9.17) is 15.5 Å². The predicted octanol–water partition coefficient (Wildman–Crippen LogP) is 4.92. The molecule has 3 aromatic heterocycles. The summed E-state index contributed by atoms with van der Waals surface area (Å²) >= 11 is 1.65. The zero-order valence-electron chi connectivity index (χ0n) is 24.4. The SMILES string of the molecule is COc1cc(-c2nc(N)c3ccsc3c2C=CCN2CCN(CCO)CC2)ccc1NC(=O)c1cc2ccccc2n1C. The highest BCUT2D eigenvalue weighted by Crippen LogP contribution is 2.38. The summed E-state index contributed by atoms with van der Waals surface area (Å²) in [5.41, 5.74) is 11.2. The number of carbonyl (C=O) groups excluding carboxylic acids is 1. The third-order valence-corrected chi connectivity index (χ3v) is 9.06. The summed E-state index contributed by atoms with van der Waals surface area (Å²) in [4.78, 5) is 22.8. The lowest BCUT2D eigenvalue weighted by molar-refractivity contribution is 0.101. The monoisotopic (exact) mass is 596 g/mol. The zero-order chi connectivity index (χ0) is 29.9. The first-order valence-corrected chi connectivity index (χ1v) is 15.3. The van der Waals surface area contributed by atoms with Gasteiger partial charge in [-0.15, -0.1) is 11.3 Å². The molecule has 10 heteroatoms. The second-order valence-electron chi connectivity index (χ2n) is 10.7. The van der Waals surface area contributed by atoms with Crippen molar-refractivity contribution in [2.45, 2.75) is 0 Å². The number of ether oxygens (including phenoxy) is 1. The zero-order valence-corrected chi connectivity index (χ0v) is 25.2. The summed E-state index contributed by atoms with van der Waals surface area (Å²) < 4.78 is 8.71. The number of fused-ring (bicyclic) bond motifs is 2. The van der Waals surface area contributed by atoms with E-state index < -0.39 is 0 Å². The first-order chi connectivity index (χ1) is 21.0. The minimum absolute atomic E-state index is 0.200. The minimum atomic E-state index is -0.215. The number of aliphatic hydroxyl groups excluding tert-OH is 1. The molecule has 43 heavy (non-hydrogen) atoms. The van der Waals surface area contributed by atoms with Gasteiger partial charge in [0.2, 0.25) is 0 Å². The van der Waals surface area contributed by atoms with Crippen LogP contribution in [0.3, 0.4) is 0 Å². The normalized spacial score (nSPS) is 14.7. The molecule has 4 heterocycles. The number of nitrogens with one attached hydrogen (secondary N) is 1. The number of methoxy groups -OCH3 is 1. The molecule has 1 amide bonds. The van der Waals surface area contributed by atoms with Crippen LogP contribution in [0, 0.1) is 0 Å². The van der Waals surface area contributed by atoms with Crippen LogP contribution in [0.5, 0.6) is 5.75 Å². The van der Waals surface area contributed by atoms with E-state index >= 15 is 0 Å². The van der Waals surface area contributed by atoms with E-state index in [1.165, 1.54) is 0 Å². The maximum atomic E-state index is 13.3. The Bertz CT molecular complexity index is 1800. The summed E-state index contributed by atoms with van der Waals surface area (Å²) in [6.07, 6.45) is 4.33. The van der Waals surface area contributed by atoms with Crippen molar-refractivity contribution < 1.29 is 14.6 Å². The number of amides is 1. The second kappa shape index (κ2) is 12.6. The molecule has 9 nitrogen and oxygen atoms in total. The molecule has 5 aromatic rings. The van der Waals surface area contributed by atoms with E-state index in [9.17, 15) is 9.90 Å². The number of benzene rings is 2. The number of nitrogens with two attached hydrogens (primary N) is 1. The van der Waals surface area contributed by atoms with Crippen molar-refractivity contribution >= 4 is 55.8 Å².